The van der Waals surface area contributed by atoms with Gasteiger partial charge in [-0.05, 0) is 25.1 Å². The highest BCUT2D eigenvalue weighted by molar-refractivity contribution is 6.05. The number of amides is 2. The third-order valence-corrected chi connectivity index (χ3v) is 4.81. The summed E-state index contributed by atoms with van der Waals surface area (Å²) < 4.78 is 4.94. The highest BCUT2D eigenvalue weighted by Crippen LogP contribution is 2.17. The molecule has 1 aliphatic rings. The number of carbonyl (C=O) groups excluding carboxylic acids is 2. The number of aryl methyl sites for hydroxylation is 1. The van der Waals surface area contributed by atoms with Crippen LogP contribution in [0.1, 0.15) is 26.5 Å². The van der Waals surface area contributed by atoms with Gasteiger partial charge in [0.05, 0.1) is 11.1 Å². The summed E-state index contributed by atoms with van der Waals surface area (Å²) in [5.74, 6) is 0.393. The van der Waals surface area contributed by atoms with E-state index in [1.165, 1.54) is 12.4 Å². The molecule has 3 heterocycles. The van der Waals surface area contributed by atoms with Gasteiger partial charge in [0.15, 0.2) is 5.82 Å². The maximum absolute atomic E-state index is 12.9. The standard InChI is InChI=1S/C21H21N5O3/c1-15-11-19(24-29-15)23-20(27)16-12-17(14-22-13-16)21(28)26-9-7-25(8-10-26)18-5-3-2-4-6-18/h2-6,11-14H,7-10H2,1H3,(H,23,24,27). The fourth-order valence-electron chi connectivity index (χ4n) is 3.28. The first kappa shape index (κ1) is 18.7. The first-order chi connectivity index (χ1) is 14.1. The molecular weight excluding hydrogens is 370 g/mol. The Kier molecular flexibility index (Phi) is 5.24. The van der Waals surface area contributed by atoms with Crippen LogP contribution in [0.3, 0.4) is 0 Å². The van der Waals surface area contributed by atoms with E-state index >= 15 is 0 Å². The van der Waals surface area contributed by atoms with E-state index in [0.29, 0.717) is 35.8 Å². The van der Waals surface area contributed by atoms with Crippen LogP contribution in [0.15, 0.2) is 59.4 Å². The monoisotopic (exact) mass is 391 g/mol. The Labute approximate surface area is 168 Å². The second-order valence-corrected chi connectivity index (χ2v) is 6.85. The van der Waals surface area contributed by atoms with E-state index in [2.05, 4.69) is 32.5 Å². The summed E-state index contributed by atoms with van der Waals surface area (Å²) in [5, 5.41) is 6.37. The molecule has 0 aliphatic carbocycles. The van der Waals surface area contributed by atoms with Crippen LogP contribution in [0, 0.1) is 6.92 Å². The normalized spacial score (nSPS) is 14.0. The zero-order valence-corrected chi connectivity index (χ0v) is 16.0. The van der Waals surface area contributed by atoms with Gasteiger partial charge < -0.3 is 19.6 Å². The van der Waals surface area contributed by atoms with Crippen molar-refractivity contribution in [1.82, 2.24) is 15.0 Å². The molecule has 0 radical (unpaired) electrons. The first-order valence-corrected chi connectivity index (χ1v) is 9.39. The highest BCUT2D eigenvalue weighted by Gasteiger charge is 2.23. The summed E-state index contributed by atoms with van der Waals surface area (Å²) in [6.07, 6.45) is 2.91. The summed E-state index contributed by atoms with van der Waals surface area (Å²) in [5.41, 5.74) is 1.84. The Morgan fingerprint density at radius 3 is 2.41 bits per heavy atom. The molecule has 0 saturated carbocycles. The van der Waals surface area contributed by atoms with Crippen molar-refractivity contribution in [1.29, 1.82) is 0 Å². The van der Waals surface area contributed by atoms with Crippen molar-refractivity contribution in [3.8, 4) is 0 Å². The molecule has 8 heteroatoms. The zero-order valence-electron chi connectivity index (χ0n) is 16.0. The molecule has 0 bridgehead atoms. The average molecular weight is 391 g/mol. The van der Waals surface area contributed by atoms with Gasteiger partial charge in [-0.25, -0.2) is 0 Å². The van der Waals surface area contributed by atoms with Crippen LogP contribution in [0.4, 0.5) is 11.5 Å². The lowest BCUT2D eigenvalue weighted by Crippen LogP contribution is -2.48. The quantitative estimate of drug-likeness (QED) is 0.735. The summed E-state index contributed by atoms with van der Waals surface area (Å²) >= 11 is 0. The summed E-state index contributed by atoms with van der Waals surface area (Å²) in [7, 11) is 0. The van der Waals surface area contributed by atoms with Gasteiger partial charge >= 0.3 is 0 Å². The molecule has 0 spiro atoms. The Balaban J connectivity index is 1.40. The maximum atomic E-state index is 12.9. The Morgan fingerprint density at radius 2 is 1.72 bits per heavy atom. The van der Waals surface area contributed by atoms with Crippen LogP contribution in [0.25, 0.3) is 0 Å². The molecule has 1 N–H and O–H groups in total. The number of anilines is 2. The highest BCUT2D eigenvalue weighted by atomic mass is 16.5. The molecule has 1 fully saturated rings. The smallest absolute Gasteiger partial charge is 0.258 e. The number of pyridine rings is 1. The Hall–Kier alpha value is -3.68. The number of para-hydroxylation sites is 1. The molecule has 2 aromatic heterocycles. The molecule has 3 aromatic rings. The molecule has 1 aliphatic heterocycles. The average Bonchev–Trinajstić information content (AvgIpc) is 3.18. The minimum atomic E-state index is -0.394. The van der Waals surface area contributed by atoms with Gasteiger partial charge in [0.1, 0.15) is 5.76 Å². The Bertz CT molecular complexity index is 1010. The van der Waals surface area contributed by atoms with Crippen molar-refractivity contribution in [2.75, 3.05) is 36.4 Å². The van der Waals surface area contributed by atoms with E-state index in [4.69, 9.17) is 4.52 Å². The maximum Gasteiger partial charge on any atom is 0.258 e. The van der Waals surface area contributed by atoms with Crippen molar-refractivity contribution in [2.24, 2.45) is 0 Å². The molecule has 0 unspecified atom stereocenters. The summed E-state index contributed by atoms with van der Waals surface area (Å²) in [4.78, 5) is 33.4. The number of nitrogens with one attached hydrogen (secondary N) is 1. The third-order valence-electron chi connectivity index (χ3n) is 4.81. The number of hydrogen-bond acceptors (Lipinski definition) is 6. The molecular formula is C21H21N5O3. The molecule has 148 valence electrons. The van der Waals surface area contributed by atoms with E-state index in [1.54, 1.807) is 24.0 Å². The largest absolute Gasteiger partial charge is 0.368 e. The summed E-state index contributed by atoms with van der Waals surface area (Å²) in [6, 6.07) is 13.3. The zero-order chi connectivity index (χ0) is 20.2. The second-order valence-electron chi connectivity index (χ2n) is 6.85. The lowest BCUT2D eigenvalue weighted by atomic mass is 10.1. The van der Waals surface area contributed by atoms with Crippen molar-refractivity contribution in [3.63, 3.8) is 0 Å². The topological polar surface area (TPSA) is 91.6 Å². The van der Waals surface area contributed by atoms with Gasteiger partial charge in [-0.15, -0.1) is 0 Å². The van der Waals surface area contributed by atoms with Crippen molar-refractivity contribution < 1.29 is 14.1 Å². The van der Waals surface area contributed by atoms with Gasteiger partial charge in [0, 0.05) is 50.3 Å². The van der Waals surface area contributed by atoms with E-state index in [0.717, 1.165) is 18.8 Å². The van der Waals surface area contributed by atoms with Crippen LogP contribution < -0.4 is 10.2 Å². The first-order valence-electron chi connectivity index (χ1n) is 9.39. The molecule has 1 saturated heterocycles. The lowest BCUT2D eigenvalue weighted by Gasteiger charge is -2.36. The number of piperazine rings is 1. The van der Waals surface area contributed by atoms with Crippen molar-refractivity contribution in [3.05, 3.63) is 71.7 Å². The number of nitrogens with zero attached hydrogens (tertiary/aromatic N) is 4. The second kappa shape index (κ2) is 8.14. The van der Waals surface area contributed by atoms with Gasteiger partial charge in [-0.3, -0.25) is 14.6 Å². The minimum absolute atomic E-state index is 0.128. The van der Waals surface area contributed by atoms with Crippen LogP contribution in [-0.2, 0) is 0 Å². The van der Waals surface area contributed by atoms with E-state index in [-0.39, 0.29) is 5.91 Å². The van der Waals surface area contributed by atoms with Crippen LogP contribution in [0.5, 0.6) is 0 Å². The van der Waals surface area contributed by atoms with Crippen LogP contribution >= 0.6 is 0 Å². The number of benzene rings is 1. The van der Waals surface area contributed by atoms with E-state index in [1.807, 2.05) is 18.2 Å². The van der Waals surface area contributed by atoms with Gasteiger partial charge in [-0.1, -0.05) is 23.4 Å². The molecule has 2 amide bonds. The molecule has 1 aromatic carbocycles. The lowest BCUT2D eigenvalue weighted by molar-refractivity contribution is 0.0746. The van der Waals surface area contributed by atoms with Crippen molar-refractivity contribution in [2.45, 2.75) is 6.92 Å². The predicted octanol–water partition coefficient (Wildman–Crippen LogP) is 2.59. The molecule has 0 atom stereocenters. The SMILES string of the molecule is Cc1cc(NC(=O)c2cncc(C(=O)N3CCN(c4ccccc4)CC3)c2)no1. The van der Waals surface area contributed by atoms with Gasteiger partial charge in [-0.2, -0.15) is 0 Å². The molecule has 8 nitrogen and oxygen atoms in total. The molecule has 29 heavy (non-hydrogen) atoms. The summed E-state index contributed by atoms with van der Waals surface area (Å²) in [6.45, 7) is 4.48. The number of rotatable bonds is 4. The van der Waals surface area contributed by atoms with Crippen LogP contribution in [-0.4, -0.2) is 53.0 Å². The van der Waals surface area contributed by atoms with Crippen LogP contribution in [0.2, 0.25) is 0 Å². The van der Waals surface area contributed by atoms with E-state index in [9.17, 15) is 9.59 Å². The van der Waals surface area contributed by atoms with Crippen molar-refractivity contribution >= 4 is 23.3 Å². The van der Waals surface area contributed by atoms with E-state index < -0.39 is 5.91 Å². The fourth-order valence-corrected chi connectivity index (χ4v) is 3.28. The Morgan fingerprint density at radius 1 is 1.00 bits per heavy atom. The number of carbonyl (C=O) groups is 2. The predicted molar refractivity (Wildman–Crippen MR) is 108 cm³/mol. The third kappa shape index (κ3) is 4.26. The minimum Gasteiger partial charge on any atom is -0.368 e. The van der Waals surface area contributed by atoms with Gasteiger partial charge in [0.25, 0.3) is 11.8 Å². The number of aromatic nitrogens is 2. The number of hydrogen-bond donors (Lipinski definition) is 1. The van der Waals surface area contributed by atoms with Gasteiger partial charge in [0.2, 0.25) is 0 Å². The molecule has 4 rings (SSSR count). The fraction of sp³-hybridized carbons (Fsp3) is 0.238.